The summed E-state index contributed by atoms with van der Waals surface area (Å²) in [6.07, 6.45) is -3.60. The SMILES string of the molecule is Cc1ccc(C2OC[C@@H]3OC(c4ccccc4)(C(C)(C)C)O[C@H]([C@H](O)CO)[C@@H]3O2)cc1C. The molecule has 2 fully saturated rings. The van der Waals surface area contributed by atoms with E-state index in [0.29, 0.717) is 0 Å². The maximum atomic E-state index is 10.8. The molecule has 0 aromatic heterocycles. The minimum Gasteiger partial charge on any atom is -0.394 e. The molecule has 2 aromatic rings. The zero-order valence-corrected chi connectivity index (χ0v) is 19.4. The second-order valence-electron chi connectivity index (χ2n) is 9.83. The molecule has 6 nitrogen and oxygen atoms in total. The Hall–Kier alpha value is -1.80. The Bertz CT molecular complexity index is 924. The number of rotatable bonds is 4. The number of hydrogen-bond donors (Lipinski definition) is 2. The van der Waals surface area contributed by atoms with Crippen LogP contribution in [0, 0.1) is 19.3 Å². The first-order valence-electron chi connectivity index (χ1n) is 11.2. The van der Waals surface area contributed by atoms with Crippen molar-refractivity contribution in [2.75, 3.05) is 13.2 Å². The van der Waals surface area contributed by atoms with E-state index in [9.17, 15) is 10.2 Å². The molecular formula is C26H34O6. The van der Waals surface area contributed by atoms with E-state index >= 15 is 0 Å². The van der Waals surface area contributed by atoms with E-state index in [-0.39, 0.29) is 6.61 Å². The molecule has 4 rings (SSSR count). The molecule has 174 valence electrons. The predicted molar refractivity (Wildman–Crippen MR) is 120 cm³/mol. The van der Waals surface area contributed by atoms with Crippen LogP contribution in [0.3, 0.4) is 0 Å². The number of ether oxygens (including phenoxy) is 4. The fourth-order valence-corrected chi connectivity index (χ4v) is 4.50. The van der Waals surface area contributed by atoms with Gasteiger partial charge in [0, 0.05) is 16.5 Å². The summed E-state index contributed by atoms with van der Waals surface area (Å²) in [4.78, 5) is 0. The molecule has 2 aliphatic heterocycles. The van der Waals surface area contributed by atoms with Gasteiger partial charge in [-0.25, -0.2) is 0 Å². The molecule has 2 saturated heterocycles. The summed E-state index contributed by atoms with van der Waals surface area (Å²) in [5, 5.41) is 20.6. The van der Waals surface area contributed by atoms with E-state index in [2.05, 4.69) is 6.92 Å². The second-order valence-corrected chi connectivity index (χ2v) is 9.83. The molecule has 2 heterocycles. The van der Waals surface area contributed by atoms with Gasteiger partial charge < -0.3 is 29.2 Å². The first-order chi connectivity index (χ1) is 15.2. The zero-order valence-electron chi connectivity index (χ0n) is 19.4. The standard InChI is InChI=1S/C26H34O6/c1-16-11-12-18(13-17(16)2)24-29-15-21-23(30-24)22(20(28)14-27)32-26(31-21,25(3,4)5)19-9-7-6-8-10-19/h6-13,20-24,27-28H,14-15H2,1-5H3/t20-,21+,22-,23-,24?,26?/m1/s1. The van der Waals surface area contributed by atoms with Gasteiger partial charge >= 0.3 is 0 Å². The van der Waals surface area contributed by atoms with E-state index < -0.39 is 48.5 Å². The van der Waals surface area contributed by atoms with Crippen LogP contribution in [0.2, 0.25) is 0 Å². The number of benzene rings is 2. The van der Waals surface area contributed by atoms with Gasteiger partial charge in [0.25, 0.3) is 0 Å². The van der Waals surface area contributed by atoms with Crippen molar-refractivity contribution in [3.63, 3.8) is 0 Å². The quantitative estimate of drug-likeness (QED) is 0.751. The molecule has 0 bridgehead atoms. The maximum absolute atomic E-state index is 10.8. The molecule has 0 amide bonds. The molecular weight excluding hydrogens is 408 g/mol. The van der Waals surface area contributed by atoms with Crippen LogP contribution in [-0.2, 0) is 24.7 Å². The van der Waals surface area contributed by atoms with Crippen LogP contribution < -0.4 is 0 Å². The summed E-state index contributed by atoms with van der Waals surface area (Å²) < 4.78 is 25.6. The molecule has 2 aliphatic rings. The first kappa shape index (κ1) is 23.4. The minimum absolute atomic E-state index is 0.283. The van der Waals surface area contributed by atoms with Crippen molar-refractivity contribution in [1.82, 2.24) is 0 Å². The van der Waals surface area contributed by atoms with Crippen molar-refractivity contribution in [2.24, 2.45) is 5.41 Å². The molecule has 0 radical (unpaired) electrons. The van der Waals surface area contributed by atoms with Crippen LogP contribution in [-0.4, -0.2) is 47.8 Å². The van der Waals surface area contributed by atoms with Crippen molar-refractivity contribution in [1.29, 1.82) is 0 Å². The van der Waals surface area contributed by atoms with Crippen molar-refractivity contribution in [3.05, 3.63) is 70.8 Å². The fourth-order valence-electron chi connectivity index (χ4n) is 4.50. The van der Waals surface area contributed by atoms with Gasteiger partial charge in [-0.2, -0.15) is 0 Å². The highest BCUT2D eigenvalue weighted by atomic mass is 16.8. The largest absolute Gasteiger partial charge is 0.394 e. The highest BCUT2D eigenvalue weighted by Crippen LogP contribution is 2.51. The molecule has 2 unspecified atom stereocenters. The van der Waals surface area contributed by atoms with Gasteiger partial charge in [-0.3, -0.25) is 0 Å². The summed E-state index contributed by atoms with van der Waals surface area (Å²) in [7, 11) is 0. The molecule has 2 N–H and O–H groups in total. The topological polar surface area (TPSA) is 77.4 Å². The molecule has 0 spiro atoms. The normalized spacial score (nSPS) is 31.7. The van der Waals surface area contributed by atoms with Gasteiger partial charge in [0.2, 0.25) is 5.79 Å². The minimum atomic E-state index is -1.14. The lowest BCUT2D eigenvalue weighted by Gasteiger charge is -2.56. The smallest absolute Gasteiger partial charge is 0.200 e. The summed E-state index contributed by atoms with van der Waals surface area (Å²) >= 11 is 0. The van der Waals surface area contributed by atoms with E-state index in [1.165, 1.54) is 5.56 Å². The molecule has 0 aliphatic carbocycles. The molecule has 0 saturated carbocycles. The highest BCUT2D eigenvalue weighted by Gasteiger charge is 2.58. The van der Waals surface area contributed by atoms with Crippen LogP contribution in [0.4, 0.5) is 0 Å². The van der Waals surface area contributed by atoms with Gasteiger partial charge in [-0.05, 0) is 25.0 Å². The van der Waals surface area contributed by atoms with Crippen molar-refractivity contribution < 1.29 is 29.2 Å². The van der Waals surface area contributed by atoms with Gasteiger partial charge in [0.15, 0.2) is 6.29 Å². The van der Waals surface area contributed by atoms with Crippen molar-refractivity contribution in [3.8, 4) is 0 Å². The van der Waals surface area contributed by atoms with Crippen LogP contribution in [0.5, 0.6) is 0 Å². The van der Waals surface area contributed by atoms with E-state index in [1.54, 1.807) is 0 Å². The van der Waals surface area contributed by atoms with Crippen LogP contribution >= 0.6 is 0 Å². The average molecular weight is 443 g/mol. The summed E-state index contributed by atoms with van der Waals surface area (Å²) in [5.41, 5.74) is 3.61. The lowest BCUT2D eigenvalue weighted by Crippen LogP contribution is -2.66. The summed E-state index contributed by atoms with van der Waals surface area (Å²) in [6.45, 7) is 10.0. The van der Waals surface area contributed by atoms with E-state index in [1.807, 2.05) is 76.2 Å². The highest BCUT2D eigenvalue weighted by molar-refractivity contribution is 5.31. The Kier molecular flexibility index (Phi) is 6.47. The number of aliphatic hydroxyl groups is 2. The first-order valence-corrected chi connectivity index (χ1v) is 11.2. The van der Waals surface area contributed by atoms with Crippen molar-refractivity contribution >= 4 is 0 Å². The number of aryl methyl sites for hydroxylation is 2. The number of hydrogen-bond acceptors (Lipinski definition) is 6. The molecule has 6 heteroatoms. The Balaban J connectivity index is 1.69. The van der Waals surface area contributed by atoms with E-state index in [4.69, 9.17) is 18.9 Å². The van der Waals surface area contributed by atoms with Gasteiger partial charge in [0.1, 0.15) is 24.4 Å². The van der Waals surface area contributed by atoms with Gasteiger partial charge in [0.05, 0.1) is 13.2 Å². The molecule has 6 atom stereocenters. The van der Waals surface area contributed by atoms with Crippen LogP contribution in [0.15, 0.2) is 48.5 Å². The summed E-state index contributed by atoms with van der Waals surface area (Å²) in [5.74, 6) is -1.14. The fraction of sp³-hybridized carbons (Fsp3) is 0.538. The maximum Gasteiger partial charge on any atom is 0.200 e. The molecule has 32 heavy (non-hydrogen) atoms. The Morgan fingerprint density at radius 3 is 2.38 bits per heavy atom. The number of aliphatic hydroxyl groups excluding tert-OH is 2. The van der Waals surface area contributed by atoms with E-state index in [0.717, 1.165) is 16.7 Å². The van der Waals surface area contributed by atoms with Gasteiger partial charge in [-0.15, -0.1) is 0 Å². The second kappa shape index (κ2) is 8.86. The Morgan fingerprint density at radius 2 is 1.75 bits per heavy atom. The average Bonchev–Trinajstić information content (AvgIpc) is 2.79. The molecule has 2 aromatic carbocycles. The summed E-state index contributed by atoms with van der Waals surface area (Å²) in [6, 6.07) is 15.8. The Morgan fingerprint density at radius 1 is 1.03 bits per heavy atom. The number of fused-ring (bicyclic) bond motifs is 1. The van der Waals surface area contributed by atoms with Gasteiger partial charge in [-0.1, -0.05) is 69.3 Å². The monoisotopic (exact) mass is 442 g/mol. The lowest BCUT2D eigenvalue weighted by atomic mass is 9.79. The van der Waals surface area contributed by atoms with Crippen molar-refractivity contribution in [2.45, 2.75) is 71.1 Å². The third kappa shape index (κ3) is 4.12. The van der Waals surface area contributed by atoms with Crippen LogP contribution in [0.1, 0.15) is 49.3 Å². The lowest BCUT2D eigenvalue weighted by molar-refractivity contribution is -0.436. The third-order valence-corrected chi connectivity index (χ3v) is 6.51. The Labute approximate surface area is 190 Å². The third-order valence-electron chi connectivity index (χ3n) is 6.51. The zero-order chi connectivity index (χ0) is 23.1. The predicted octanol–water partition coefficient (Wildman–Crippen LogP) is 3.75. The van der Waals surface area contributed by atoms with Crippen LogP contribution in [0.25, 0.3) is 0 Å².